The predicted molar refractivity (Wildman–Crippen MR) is 93.1 cm³/mol. The lowest BCUT2D eigenvalue weighted by atomic mass is 9.86. The highest BCUT2D eigenvalue weighted by molar-refractivity contribution is 5.91. The number of nitrogens with one attached hydrogen (secondary N) is 1. The van der Waals surface area contributed by atoms with E-state index in [2.05, 4.69) is 10.4 Å². The van der Waals surface area contributed by atoms with Gasteiger partial charge in [-0.15, -0.1) is 0 Å². The van der Waals surface area contributed by atoms with Gasteiger partial charge in [0.05, 0.1) is 11.4 Å². The van der Waals surface area contributed by atoms with Crippen molar-refractivity contribution in [1.82, 2.24) is 14.7 Å². The van der Waals surface area contributed by atoms with Crippen LogP contribution in [0.1, 0.15) is 25.7 Å². The lowest BCUT2D eigenvalue weighted by Crippen LogP contribution is -2.42. The van der Waals surface area contributed by atoms with E-state index in [4.69, 9.17) is 0 Å². The van der Waals surface area contributed by atoms with Gasteiger partial charge in [0.1, 0.15) is 5.82 Å². The maximum atomic E-state index is 13.7. The normalized spacial score (nSPS) is 20.3. The van der Waals surface area contributed by atoms with E-state index in [9.17, 15) is 14.3 Å². The number of urea groups is 1. The van der Waals surface area contributed by atoms with Crippen molar-refractivity contribution >= 4 is 11.7 Å². The number of carbonyl (C=O) groups excluding carboxylic acids is 1. The molecule has 6 nitrogen and oxygen atoms in total. The Morgan fingerprint density at radius 3 is 2.80 bits per heavy atom. The van der Waals surface area contributed by atoms with Crippen LogP contribution in [0.15, 0.2) is 36.7 Å². The van der Waals surface area contributed by atoms with E-state index in [1.54, 1.807) is 41.2 Å². The number of aliphatic hydroxyl groups is 1. The quantitative estimate of drug-likeness (QED) is 0.894. The van der Waals surface area contributed by atoms with Crippen molar-refractivity contribution in [2.75, 3.05) is 19.0 Å². The van der Waals surface area contributed by atoms with Crippen LogP contribution in [0.25, 0.3) is 5.69 Å². The maximum Gasteiger partial charge on any atom is 0.321 e. The molecule has 134 valence electrons. The third-order valence-corrected chi connectivity index (χ3v) is 4.89. The standard InChI is InChI=1S/C18H23FN4O2/c1-22(15-6-3-13(12-24)4-7-15)18(25)21-16-11-14(19)5-8-17(16)23-10-2-9-20-23/h2,5,8-11,13,15,24H,3-4,6-7,12H2,1H3,(H,21,25). The molecule has 0 aliphatic heterocycles. The van der Waals surface area contributed by atoms with Gasteiger partial charge in [-0.25, -0.2) is 13.9 Å². The first-order chi connectivity index (χ1) is 12.1. The van der Waals surface area contributed by atoms with Gasteiger partial charge >= 0.3 is 6.03 Å². The Kier molecular flexibility index (Phi) is 5.33. The van der Waals surface area contributed by atoms with Crippen LogP contribution in [0, 0.1) is 11.7 Å². The largest absolute Gasteiger partial charge is 0.396 e. The smallest absolute Gasteiger partial charge is 0.321 e. The summed E-state index contributed by atoms with van der Waals surface area (Å²) in [5.74, 6) is -0.0836. The molecule has 1 fully saturated rings. The van der Waals surface area contributed by atoms with Crippen molar-refractivity contribution in [1.29, 1.82) is 0 Å². The Bertz CT molecular complexity index is 712. The lowest BCUT2D eigenvalue weighted by Gasteiger charge is -2.34. The molecule has 7 heteroatoms. The van der Waals surface area contributed by atoms with Crippen LogP contribution in [0.3, 0.4) is 0 Å². The van der Waals surface area contributed by atoms with Crippen molar-refractivity contribution in [3.05, 3.63) is 42.5 Å². The van der Waals surface area contributed by atoms with Crippen molar-refractivity contribution in [3.8, 4) is 5.69 Å². The first kappa shape index (κ1) is 17.4. The van der Waals surface area contributed by atoms with Crippen LogP contribution in [0.5, 0.6) is 0 Å². The number of aliphatic hydroxyl groups excluding tert-OH is 1. The second-order valence-electron chi connectivity index (χ2n) is 6.51. The van der Waals surface area contributed by atoms with Gasteiger partial charge in [0.15, 0.2) is 0 Å². The fourth-order valence-corrected chi connectivity index (χ4v) is 3.30. The summed E-state index contributed by atoms with van der Waals surface area (Å²) in [7, 11) is 1.76. The summed E-state index contributed by atoms with van der Waals surface area (Å²) in [6, 6.07) is 5.85. The maximum absolute atomic E-state index is 13.7. The molecule has 0 spiro atoms. The molecule has 0 bridgehead atoms. The number of rotatable bonds is 4. The predicted octanol–water partition coefficient (Wildman–Crippen LogP) is 3.03. The van der Waals surface area contributed by atoms with Crippen molar-refractivity contribution < 1.29 is 14.3 Å². The summed E-state index contributed by atoms with van der Waals surface area (Å²) in [6.45, 7) is 0.207. The molecule has 3 rings (SSSR count). The molecule has 2 aromatic rings. The SMILES string of the molecule is CN(C(=O)Nc1cc(F)ccc1-n1cccn1)C1CCC(CO)CC1. The van der Waals surface area contributed by atoms with E-state index in [1.165, 1.54) is 12.1 Å². The minimum absolute atomic E-state index is 0.129. The first-order valence-corrected chi connectivity index (χ1v) is 8.52. The number of hydrogen-bond donors (Lipinski definition) is 2. The topological polar surface area (TPSA) is 70.4 Å². The Labute approximate surface area is 146 Å². The monoisotopic (exact) mass is 346 g/mol. The highest BCUT2D eigenvalue weighted by atomic mass is 19.1. The Balaban J connectivity index is 1.71. The van der Waals surface area contributed by atoms with E-state index in [0.717, 1.165) is 25.7 Å². The van der Waals surface area contributed by atoms with Crippen molar-refractivity contribution in [3.63, 3.8) is 0 Å². The average Bonchev–Trinajstić information content (AvgIpc) is 3.15. The van der Waals surface area contributed by atoms with E-state index in [1.807, 2.05) is 0 Å². The van der Waals surface area contributed by atoms with Crippen LogP contribution >= 0.6 is 0 Å². The molecule has 2 amide bonds. The molecule has 1 aliphatic carbocycles. The van der Waals surface area contributed by atoms with Gasteiger partial charge in [-0.1, -0.05) is 0 Å². The summed E-state index contributed by atoms with van der Waals surface area (Å²) in [4.78, 5) is 14.3. The molecule has 0 unspecified atom stereocenters. The van der Waals surface area contributed by atoms with E-state index < -0.39 is 5.82 Å². The minimum atomic E-state index is -0.419. The Morgan fingerprint density at radius 1 is 1.40 bits per heavy atom. The lowest BCUT2D eigenvalue weighted by molar-refractivity contribution is 0.139. The molecule has 0 radical (unpaired) electrons. The zero-order valence-electron chi connectivity index (χ0n) is 14.2. The molecule has 0 saturated heterocycles. The Morgan fingerprint density at radius 2 is 2.16 bits per heavy atom. The summed E-state index contributed by atoms with van der Waals surface area (Å²) in [6.07, 6.45) is 6.92. The number of aromatic nitrogens is 2. The summed E-state index contributed by atoms with van der Waals surface area (Å²) in [5.41, 5.74) is 0.988. The van der Waals surface area contributed by atoms with Crippen LogP contribution in [-0.2, 0) is 0 Å². The van der Waals surface area contributed by atoms with Gasteiger partial charge in [-0.3, -0.25) is 0 Å². The van der Waals surface area contributed by atoms with Crippen LogP contribution in [0.4, 0.5) is 14.9 Å². The van der Waals surface area contributed by atoms with Crippen molar-refractivity contribution in [2.24, 2.45) is 5.92 Å². The zero-order valence-corrected chi connectivity index (χ0v) is 14.2. The third-order valence-electron chi connectivity index (χ3n) is 4.89. The highest BCUT2D eigenvalue weighted by Gasteiger charge is 2.26. The van der Waals surface area contributed by atoms with E-state index in [0.29, 0.717) is 17.3 Å². The molecule has 0 atom stereocenters. The second kappa shape index (κ2) is 7.65. The molecule has 1 heterocycles. The van der Waals surface area contributed by atoms with Crippen LogP contribution in [0.2, 0.25) is 0 Å². The number of nitrogens with zero attached hydrogens (tertiary/aromatic N) is 3. The minimum Gasteiger partial charge on any atom is -0.396 e. The number of benzene rings is 1. The van der Waals surface area contributed by atoms with E-state index in [-0.39, 0.29) is 18.7 Å². The second-order valence-corrected chi connectivity index (χ2v) is 6.51. The fraction of sp³-hybridized carbons (Fsp3) is 0.444. The van der Waals surface area contributed by atoms with Gasteiger partial charge in [-0.2, -0.15) is 5.10 Å². The summed E-state index contributed by atoms with van der Waals surface area (Å²) >= 11 is 0. The van der Waals surface area contributed by atoms with Gasteiger partial charge in [0, 0.05) is 32.1 Å². The summed E-state index contributed by atoms with van der Waals surface area (Å²) < 4.78 is 15.2. The number of halogens is 1. The number of amides is 2. The molecular weight excluding hydrogens is 323 g/mol. The van der Waals surface area contributed by atoms with E-state index >= 15 is 0 Å². The third kappa shape index (κ3) is 3.99. The zero-order chi connectivity index (χ0) is 17.8. The van der Waals surface area contributed by atoms with Gasteiger partial charge in [0.2, 0.25) is 0 Å². The molecule has 1 aromatic heterocycles. The number of anilines is 1. The van der Waals surface area contributed by atoms with Gasteiger partial charge in [-0.05, 0) is 55.9 Å². The molecule has 1 aromatic carbocycles. The molecule has 25 heavy (non-hydrogen) atoms. The first-order valence-electron chi connectivity index (χ1n) is 8.52. The molecule has 1 aliphatic rings. The Hall–Kier alpha value is -2.41. The average molecular weight is 346 g/mol. The van der Waals surface area contributed by atoms with Crippen LogP contribution < -0.4 is 5.32 Å². The number of hydrogen-bond acceptors (Lipinski definition) is 3. The molecular formula is C18H23FN4O2. The molecule has 1 saturated carbocycles. The summed E-state index contributed by atoms with van der Waals surface area (Å²) in [5, 5.41) is 16.2. The fourth-order valence-electron chi connectivity index (χ4n) is 3.30. The van der Waals surface area contributed by atoms with Gasteiger partial charge < -0.3 is 15.3 Å². The molecule has 2 N–H and O–H groups in total. The van der Waals surface area contributed by atoms with Crippen LogP contribution in [-0.4, -0.2) is 45.5 Å². The highest BCUT2D eigenvalue weighted by Crippen LogP contribution is 2.27. The number of carbonyl (C=O) groups is 1. The van der Waals surface area contributed by atoms with Gasteiger partial charge in [0.25, 0.3) is 0 Å². The van der Waals surface area contributed by atoms with Crippen molar-refractivity contribution in [2.45, 2.75) is 31.7 Å².